The van der Waals surface area contributed by atoms with E-state index in [2.05, 4.69) is 20.7 Å². The van der Waals surface area contributed by atoms with Crippen LogP contribution in [-0.4, -0.2) is 40.8 Å². The first-order chi connectivity index (χ1) is 11.5. The molecule has 0 saturated carbocycles. The molecule has 0 fully saturated rings. The maximum atomic E-state index is 12.6. The Morgan fingerprint density at radius 3 is 2.58 bits per heavy atom. The summed E-state index contributed by atoms with van der Waals surface area (Å²) in [5.74, 6) is 1.19. The Balaban J connectivity index is 1.86. The highest BCUT2D eigenvalue weighted by molar-refractivity contribution is 6.00. The van der Waals surface area contributed by atoms with E-state index in [4.69, 9.17) is 9.47 Å². The van der Waals surface area contributed by atoms with Gasteiger partial charge in [0.2, 0.25) is 17.8 Å². The van der Waals surface area contributed by atoms with Gasteiger partial charge in [0.05, 0.1) is 20.6 Å². The third-order valence-corrected chi connectivity index (χ3v) is 3.58. The first-order valence-corrected chi connectivity index (χ1v) is 7.27. The predicted octanol–water partition coefficient (Wildman–Crippen LogP) is 1.13. The summed E-state index contributed by atoms with van der Waals surface area (Å²) in [4.78, 5) is 28.5. The van der Waals surface area contributed by atoms with Gasteiger partial charge in [0, 0.05) is 23.9 Å². The normalized spacial score (nSPS) is 16.1. The number of nitrogens with one attached hydrogen (secondary N) is 2. The lowest BCUT2D eigenvalue weighted by atomic mass is 10.1. The number of aromatic nitrogens is 3. The molecule has 0 aliphatic carbocycles. The lowest BCUT2D eigenvalue weighted by Gasteiger charge is -2.22. The number of nitrogens with zero attached hydrogens (tertiary/aromatic N) is 3. The largest absolute Gasteiger partial charge is 0.497 e. The van der Waals surface area contributed by atoms with Gasteiger partial charge >= 0.3 is 0 Å². The van der Waals surface area contributed by atoms with Crippen LogP contribution in [0.15, 0.2) is 18.2 Å². The molecule has 0 bridgehead atoms. The third-order valence-electron chi connectivity index (χ3n) is 3.58. The molecule has 0 spiro atoms. The van der Waals surface area contributed by atoms with E-state index in [0.717, 1.165) is 0 Å². The summed E-state index contributed by atoms with van der Waals surface area (Å²) in [5.41, 5.74) is 0.501. The first kappa shape index (κ1) is 15.8. The van der Waals surface area contributed by atoms with Crippen molar-refractivity contribution in [2.75, 3.05) is 24.9 Å². The van der Waals surface area contributed by atoms with Crippen molar-refractivity contribution in [1.82, 2.24) is 14.8 Å². The van der Waals surface area contributed by atoms with Gasteiger partial charge in [-0.05, 0) is 6.92 Å². The van der Waals surface area contributed by atoms with Crippen LogP contribution in [0.1, 0.15) is 18.3 Å². The Kier molecular flexibility index (Phi) is 4.07. The van der Waals surface area contributed by atoms with E-state index >= 15 is 0 Å². The lowest BCUT2D eigenvalue weighted by molar-refractivity contribution is -0.125. The highest BCUT2D eigenvalue weighted by Crippen LogP contribution is 2.28. The second-order valence-corrected chi connectivity index (χ2v) is 5.29. The van der Waals surface area contributed by atoms with Crippen molar-refractivity contribution in [1.29, 1.82) is 0 Å². The van der Waals surface area contributed by atoms with Crippen molar-refractivity contribution < 1.29 is 19.1 Å². The fourth-order valence-corrected chi connectivity index (χ4v) is 2.48. The highest BCUT2D eigenvalue weighted by Gasteiger charge is 2.32. The molecule has 2 aromatic rings. The van der Waals surface area contributed by atoms with Crippen LogP contribution in [-0.2, 0) is 9.59 Å². The number of ether oxygens (including phenoxy) is 2. The molecule has 1 unspecified atom stereocenters. The third kappa shape index (κ3) is 3.00. The quantitative estimate of drug-likeness (QED) is 0.869. The Labute approximate surface area is 138 Å². The van der Waals surface area contributed by atoms with E-state index in [0.29, 0.717) is 23.0 Å². The number of rotatable bonds is 4. The van der Waals surface area contributed by atoms with Crippen LogP contribution in [0.25, 0.3) is 0 Å². The number of amides is 2. The zero-order valence-corrected chi connectivity index (χ0v) is 13.5. The van der Waals surface area contributed by atoms with Gasteiger partial charge < -0.3 is 14.8 Å². The second-order valence-electron chi connectivity index (χ2n) is 5.29. The van der Waals surface area contributed by atoms with Crippen LogP contribution >= 0.6 is 0 Å². The first-order valence-electron chi connectivity index (χ1n) is 7.27. The van der Waals surface area contributed by atoms with Crippen LogP contribution < -0.4 is 20.1 Å². The number of carbonyl (C=O) groups excluding carboxylic acids is 2. The van der Waals surface area contributed by atoms with Crippen molar-refractivity contribution >= 4 is 23.5 Å². The Bertz CT molecular complexity index is 779. The summed E-state index contributed by atoms with van der Waals surface area (Å²) in [7, 11) is 3.05. The number of methoxy groups -OCH3 is 2. The molecule has 1 aromatic heterocycles. The number of hydrogen-bond donors (Lipinski definition) is 2. The SMILES string of the molecule is COc1cc(NC(=O)C2CC(=O)Nc3nc(C)nn32)cc(OC)c1. The molecule has 126 valence electrons. The summed E-state index contributed by atoms with van der Waals surface area (Å²) < 4.78 is 11.8. The van der Waals surface area contributed by atoms with Gasteiger partial charge in [-0.1, -0.05) is 0 Å². The zero-order chi connectivity index (χ0) is 17.3. The number of aryl methyl sites for hydroxylation is 1. The maximum absolute atomic E-state index is 12.6. The molecule has 2 amide bonds. The number of hydrogen-bond acceptors (Lipinski definition) is 6. The fraction of sp³-hybridized carbons (Fsp3) is 0.333. The molecule has 2 N–H and O–H groups in total. The molecule has 2 heterocycles. The number of fused-ring (bicyclic) bond motifs is 1. The minimum atomic E-state index is -0.771. The van der Waals surface area contributed by atoms with Crippen molar-refractivity contribution in [2.24, 2.45) is 0 Å². The minimum absolute atomic E-state index is 0.0112. The molecule has 0 saturated heterocycles. The van der Waals surface area contributed by atoms with Crippen molar-refractivity contribution in [3.8, 4) is 11.5 Å². The number of benzene rings is 1. The predicted molar refractivity (Wildman–Crippen MR) is 85.2 cm³/mol. The number of anilines is 2. The molecule has 24 heavy (non-hydrogen) atoms. The molecule has 0 radical (unpaired) electrons. The van der Waals surface area contributed by atoms with Crippen LogP contribution in [0.2, 0.25) is 0 Å². The molecular weight excluding hydrogens is 314 g/mol. The van der Waals surface area contributed by atoms with Gasteiger partial charge in [0.25, 0.3) is 0 Å². The monoisotopic (exact) mass is 331 g/mol. The van der Waals surface area contributed by atoms with Crippen LogP contribution in [0, 0.1) is 6.92 Å². The van der Waals surface area contributed by atoms with E-state index in [1.807, 2.05) is 0 Å². The van der Waals surface area contributed by atoms with Gasteiger partial charge in [-0.15, -0.1) is 0 Å². The van der Waals surface area contributed by atoms with Gasteiger partial charge in [-0.2, -0.15) is 10.1 Å². The van der Waals surface area contributed by atoms with Gasteiger partial charge in [0.1, 0.15) is 23.4 Å². The molecule has 9 nitrogen and oxygen atoms in total. The summed E-state index contributed by atoms with van der Waals surface area (Å²) in [6.45, 7) is 1.69. The molecule has 9 heteroatoms. The van der Waals surface area contributed by atoms with Crippen molar-refractivity contribution in [3.63, 3.8) is 0 Å². The van der Waals surface area contributed by atoms with E-state index in [1.54, 1.807) is 25.1 Å². The summed E-state index contributed by atoms with van der Waals surface area (Å²) >= 11 is 0. The summed E-state index contributed by atoms with van der Waals surface area (Å²) in [6.07, 6.45) is -0.0112. The molecule has 1 aromatic carbocycles. The van der Waals surface area contributed by atoms with Crippen LogP contribution in [0.4, 0.5) is 11.6 Å². The standard InChI is InChI=1S/C15H17N5O4/c1-8-16-15-18-13(21)7-12(20(15)19-8)14(22)17-9-4-10(23-2)6-11(5-9)24-3/h4-6,12H,7H2,1-3H3,(H,17,22)(H,16,18,19,21). The maximum Gasteiger partial charge on any atom is 0.249 e. The van der Waals surface area contributed by atoms with Crippen LogP contribution in [0.5, 0.6) is 11.5 Å². The average Bonchev–Trinajstić information content (AvgIpc) is 2.93. The average molecular weight is 331 g/mol. The smallest absolute Gasteiger partial charge is 0.249 e. The summed E-state index contributed by atoms with van der Waals surface area (Å²) in [5, 5.41) is 9.54. The summed E-state index contributed by atoms with van der Waals surface area (Å²) in [6, 6.07) is 4.25. The van der Waals surface area contributed by atoms with Gasteiger partial charge in [-0.3, -0.25) is 14.9 Å². The Morgan fingerprint density at radius 2 is 1.96 bits per heavy atom. The zero-order valence-electron chi connectivity index (χ0n) is 13.5. The Hall–Kier alpha value is -3.10. The van der Waals surface area contributed by atoms with E-state index < -0.39 is 6.04 Å². The topological polar surface area (TPSA) is 107 Å². The lowest BCUT2D eigenvalue weighted by Crippen LogP contribution is -2.36. The molecule has 3 rings (SSSR count). The van der Waals surface area contributed by atoms with E-state index in [-0.39, 0.29) is 24.2 Å². The second kappa shape index (κ2) is 6.19. The molecule has 1 aliphatic heterocycles. The van der Waals surface area contributed by atoms with Gasteiger partial charge in [0.15, 0.2) is 0 Å². The van der Waals surface area contributed by atoms with Crippen LogP contribution in [0.3, 0.4) is 0 Å². The van der Waals surface area contributed by atoms with Gasteiger partial charge in [-0.25, -0.2) is 4.68 Å². The molecule has 1 aliphatic rings. The highest BCUT2D eigenvalue weighted by atomic mass is 16.5. The van der Waals surface area contributed by atoms with E-state index in [9.17, 15) is 9.59 Å². The fourth-order valence-electron chi connectivity index (χ4n) is 2.48. The molecular formula is C15H17N5O4. The van der Waals surface area contributed by atoms with Crippen molar-refractivity contribution in [2.45, 2.75) is 19.4 Å². The molecule has 1 atom stereocenters. The van der Waals surface area contributed by atoms with E-state index in [1.165, 1.54) is 18.9 Å². The van der Waals surface area contributed by atoms with Crippen molar-refractivity contribution in [3.05, 3.63) is 24.0 Å². The Morgan fingerprint density at radius 1 is 1.29 bits per heavy atom. The number of carbonyl (C=O) groups is 2. The minimum Gasteiger partial charge on any atom is -0.497 e.